The summed E-state index contributed by atoms with van der Waals surface area (Å²) in [6.07, 6.45) is 3.03. The number of carbonyl (C=O) groups is 1. The van der Waals surface area contributed by atoms with Gasteiger partial charge in [-0.1, -0.05) is 6.07 Å². The van der Waals surface area contributed by atoms with Gasteiger partial charge in [0.25, 0.3) is 5.91 Å². The molecule has 0 unspecified atom stereocenters. The van der Waals surface area contributed by atoms with Crippen LogP contribution in [0.2, 0.25) is 0 Å². The molecule has 1 aromatic carbocycles. The Kier molecular flexibility index (Phi) is 3.35. The van der Waals surface area contributed by atoms with Crippen LogP contribution in [-0.2, 0) is 0 Å². The maximum absolute atomic E-state index is 12.3. The van der Waals surface area contributed by atoms with Crippen molar-refractivity contribution in [2.45, 2.75) is 0 Å². The minimum absolute atomic E-state index is 0.259. The summed E-state index contributed by atoms with van der Waals surface area (Å²) in [5, 5.41) is 20.5. The molecule has 118 valence electrons. The molecule has 0 aliphatic heterocycles. The maximum Gasteiger partial charge on any atom is 0.276 e. The van der Waals surface area contributed by atoms with Crippen molar-refractivity contribution >= 4 is 11.6 Å². The van der Waals surface area contributed by atoms with Gasteiger partial charge in [0, 0.05) is 11.8 Å². The first-order valence-electron chi connectivity index (χ1n) is 7.04. The molecular weight excluding hydrogens is 310 g/mol. The Morgan fingerprint density at radius 1 is 1.21 bits per heavy atom. The van der Waals surface area contributed by atoms with Gasteiger partial charge in [0.1, 0.15) is 12.0 Å². The molecule has 4 rings (SSSR count). The lowest BCUT2D eigenvalue weighted by Crippen LogP contribution is -2.12. The molecule has 9 nitrogen and oxygen atoms in total. The fourth-order valence-electron chi connectivity index (χ4n) is 2.20. The molecule has 0 aliphatic carbocycles. The molecule has 3 heterocycles. The summed E-state index contributed by atoms with van der Waals surface area (Å²) in [5.41, 5.74) is 2.23. The van der Waals surface area contributed by atoms with E-state index in [1.54, 1.807) is 42.7 Å². The summed E-state index contributed by atoms with van der Waals surface area (Å²) in [4.78, 5) is 12.3. The molecule has 0 saturated carbocycles. The first kappa shape index (κ1) is 13.9. The number of amides is 1. The maximum atomic E-state index is 12.3. The van der Waals surface area contributed by atoms with Crippen molar-refractivity contribution in [3.8, 4) is 17.1 Å². The highest BCUT2D eigenvalue weighted by atomic mass is 16.3. The molecule has 4 aromatic rings. The Labute approximate surface area is 135 Å². The second kappa shape index (κ2) is 5.80. The normalized spacial score (nSPS) is 10.7. The van der Waals surface area contributed by atoms with Crippen molar-refractivity contribution in [1.29, 1.82) is 0 Å². The Bertz CT molecular complexity index is 958. The van der Waals surface area contributed by atoms with E-state index in [4.69, 9.17) is 4.42 Å². The first-order chi connectivity index (χ1) is 11.8. The van der Waals surface area contributed by atoms with Crippen LogP contribution >= 0.6 is 0 Å². The molecule has 9 heteroatoms. The van der Waals surface area contributed by atoms with E-state index < -0.39 is 0 Å². The Hall–Kier alpha value is -3.75. The van der Waals surface area contributed by atoms with Crippen molar-refractivity contribution < 1.29 is 9.21 Å². The number of benzene rings is 1. The van der Waals surface area contributed by atoms with Gasteiger partial charge in [-0.25, -0.2) is 4.68 Å². The molecule has 0 spiro atoms. The number of hydrogen-bond acceptors (Lipinski definition) is 6. The monoisotopic (exact) mass is 321 g/mol. The van der Waals surface area contributed by atoms with Gasteiger partial charge in [-0.3, -0.25) is 9.89 Å². The third kappa shape index (κ3) is 2.65. The van der Waals surface area contributed by atoms with E-state index in [9.17, 15) is 4.79 Å². The van der Waals surface area contributed by atoms with E-state index in [1.165, 1.54) is 11.0 Å². The fraction of sp³-hybridized carbons (Fsp3) is 0. The van der Waals surface area contributed by atoms with Gasteiger partial charge >= 0.3 is 0 Å². The SMILES string of the molecule is O=C(Nc1cccc(-n2cnnn2)c1)c1cc(-c2ccco2)[nH]n1. The molecule has 0 radical (unpaired) electrons. The van der Waals surface area contributed by atoms with Crippen LogP contribution in [-0.4, -0.2) is 36.3 Å². The van der Waals surface area contributed by atoms with Crippen LogP contribution in [0.5, 0.6) is 0 Å². The molecule has 24 heavy (non-hydrogen) atoms. The summed E-state index contributed by atoms with van der Waals surface area (Å²) < 4.78 is 6.76. The van der Waals surface area contributed by atoms with E-state index >= 15 is 0 Å². The van der Waals surface area contributed by atoms with Crippen LogP contribution in [0.1, 0.15) is 10.5 Å². The summed E-state index contributed by atoms with van der Waals surface area (Å²) in [6, 6.07) is 12.3. The lowest BCUT2D eigenvalue weighted by atomic mass is 10.2. The van der Waals surface area contributed by atoms with Crippen LogP contribution in [0.3, 0.4) is 0 Å². The molecule has 3 aromatic heterocycles. The van der Waals surface area contributed by atoms with Crippen molar-refractivity contribution in [1.82, 2.24) is 30.4 Å². The van der Waals surface area contributed by atoms with Gasteiger partial charge in [0.2, 0.25) is 0 Å². The summed E-state index contributed by atoms with van der Waals surface area (Å²) in [7, 11) is 0. The third-order valence-electron chi connectivity index (χ3n) is 3.31. The zero-order valence-corrected chi connectivity index (χ0v) is 12.2. The fourth-order valence-corrected chi connectivity index (χ4v) is 2.20. The van der Waals surface area contributed by atoms with E-state index in [2.05, 4.69) is 31.0 Å². The van der Waals surface area contributed by atoms with Crippen molar-refractivity contribution in [3.05, 3.63) is 60.7 Å². The molecule has 0 saturated heterocycles. The number of anilines is 1. The molecule has 0 aliphatic rings. The highest BCUT2D eigenvalue weighted by molar-refractivity contribution is 6.03. The molecular formula is C15H11N7O2. The number of aromatic amines is 1. The lowest BCUT2D eigenvalue weighted by Gasteiger charge is -2.05. The molecule has 0 atom stereocenters. The Morgan fingerprint density at radius 2 is 2.17 bits per heavy atom. The smallest absolute Gasteiger partial charge is 0.276 e. The van der Waals surface area contributed by atoms with Crippen LogP contribution in [0, 0.1) is 0 Å². The largest absolute Gasteiger partial charge is 0.463 e. The summed E-state index contributed by atoms with van der Waals surface area (Å²) in [5.74, 6) is 0.278. The zero-order chi connectivity index (χ0) is 16.4. The minimum Gasteiger partial charge on any atom is -0.463 e. The van der Waals surface area contributed by atoms with Gasteiger partial charge < -0.3 is 9.73 Å². The average molecular weight is 321 g/mol. The van der Waals surface area contributed by atoms with Crippen molar-refractivity contribution in [2.75, 3.05) is 5.32 Å². The first-order valence-corrected chi connectivity index (χ1v) is 7.04. The summed E-state index contributed by atoms with van der Waals surface area (Å²) in [6.45, 7) is 0. The van der Waals surface area contributed by atoms with Gasteiger partial charge in [-0.2, -0.15) is 5.10 Å². The molecule has 2 N–H and O–H groups in total. The van der Waals surface area contributed by atoms with Gasteiger partial charge in [0.15, 0.2) is 11.5 Å². The predicted octanol–water partition coefficient (Wildman–Crippen LogP) is 1.90. The quantitative estimate of drug-likeness (QED) is 0.593. The van der Waals surface area contributed by atoms with Crippen LogP contribution in [0.25, 0.3) is 17.1 Å². The number of furan rings is 1. The Balaban J connectivity index is 1.53. The van der Waals surface area contributed by atoms with Crippen LogP contribution in [0.4, 0.5) is 5.69 Å². The number of tetrazole rings is 1. The number of carbonyl (C=O) groups excluding carboxylic acids is 1. The summed E-state index contributed by atoms with van der Waals surface area (Å²) >= 11 is 0. The second-order valence-corrected chi connectivity index (χ2v) is 4.90. The molecule has 0 bridgehead atoms. The highest BCUT2D eigenvalue weighted by Gasteiger charge is 2.13. The molecule has 1 amide bonds. The van der Waals surface area contributed by atoms with Crippen LogP contribution in [0.15, 0.2) is 59.5 Å². The number of rotatable bonds is 4. The standard InChI is InChI=1S/C15H11N7O2/c23-15(13-8-12(18-19-13)14-5-2-6-24-14)17-10-3-1-4-11(7-10)22-9-16-20-21-22/h1-9H,(H,17,23)(H,18,19). The zero-order valence-electron chi connectivity index (χ0n) is 12.2. The number of hydrogen-bond donors (Lipinski definition) is 2. The lowest BCUT2D eigenvalue weighted by molar-refractivity contribution is 0.102. The Morgan fingerprint density at radius 3 is 2.96 bits per heavy atom. The van der Waals surface area contributed by atoms with E-state index in [1.807, 2.05) is 6.07 Å². The van der Waals surface area contributed by atoms with Crippen molar-refractivity contribution in [3.63, 3.8) is 0 Å². The number of H-pyrrole nitrogens is 1. The van der Waals surface area contributed by atoms with E-state index in [-0.39, 0.29) is 11.6 Å². The van der Waals surface area contributed by atoms with E-state index in [0.29, 0.717) is 17.1 Å². The average Bonchev–Trinajstić information content (AvgIpc) is 3.36. The highest BCUT2D eigenvalue weighted by Crippen LogP contribution is 2.19. The second-order valence-electron chi connectivity index (χ2n) is 4.90. The minimum atomic E-state index is -0.335. The van der Waals surface area contributed by atoms with Gasteiger partial charge in [-0.15, -0.1) is 5.10 Å². The number of nitrogens with one attached hydrogen (secondary N) is 2. The number of nitrogens with zero attached hydrogens (tertiary/aromatic N) is 5. The third-order valence-corrected chi connectivity index (χ3v) is 3.31. The topological polar surface area (TPSA) is 115 Å². The predicted molar refractivity (Wildman–Crippen MR) is 83.4 cm³/mol. The van der Waals surface area contributed by atoms with Crippen molar-refractivity contribution in [2.24, 2.45) is 0 Å². The number of aromatic nitrogens is 6. The van der Waals surface area contributed by atoms with Gasteiger partial charge in [0.05, 0.1) is 12.0 Å². The molecule has 0 fully saturated rings. The van der Waals surface area contributed by atoms with E-state index in [0.717, 1.165) is 5.69 Å². The van der Waals surface area contributed by atoms with Gasteiger partial charge in [-0.05, 0) is 40.8 Å². The van der Waals surface area contributed by atoms with Crippen LogP contribution < -0.4 is 5.32 Å².